The van der Waals surface area contributed by atoms with Crippen molar-refractivity contribution >= 4 is 57.7 Å². The van der Waals surface area contributed by atoms with E-state index >= 15 is 0 Å². The van der Waals surface area contributed by atoms with Crippen LogP contribution in [0.25, 0.3) is 11.0 Å². The average molecular weight is 566 g/mol. The molecule has 1 fully saturated rings. The molecule has 3 N–H and O–H groups in total. The minimum atomic E-state index is -2.70. The van der Waals surface area contributed by atoms with Crippen molar-refractivity contribution in [2.24, 2.45) is 13.0 Å². The summed E-state index contributed by atoms with van der Waals surface area (Å²) in [4.78, 5) is 29.3. The second-order valence-corrected chi connectivity index (χ2v) is 9.96. The number of carbonyl (C=O) groups is 2. The fourth-order valence-corrected chi connectivity index (χ4v) is 4.25. The van der Waals surface area contributed by atoms with Gasteiger partial charge in [0.1, 0.15) is 12.4 Å². The molecule has 0 unspecified atom stereocenters. The number of ether oxygens (including phenoxy) is 1. The number of nitrogens with zero attached hydrogens (tertiary/aromatic N) is 2. The largest absolute Gasteiger partial charge is 0.487 e. The maximum absolute atomic E-state index is 12.9. The second-order valence-electron chi connectivity index (χ2n) is 9.17. The summed E-state index contributed by atoms with van der Waals surface area (Å²) in [6.45, 7) is 5.03. The number of carbonyl (C=O) groups excluding carboxylic acids is 2. The first-order valence-electron chi connectivity index (χ1n) is 11.9. The van der Waals surface area contributed by atoms with Crippen LogP contribution in [0.1, 0.15) is 35.7 Å². The Kier molecular flexibility index (Phi) is 8.42. The molecule has 0 bridgehead atoms. The fourth-order valence-electron chi connectivity index (χ4n) is 3.72. The van der Waals surface area contributed by atoms with E-state index in [9.17, 15) is 18.4 Å². The van der Waals surface area contributed by atoms with Gasteiger partial charge < -0.3 is 25.3 Å². The van der Waals surface area contributed by atoms with E-state index in [1.807, 2.05) is 0 Å². The number of rotatable bonds is 11. The molecule has 0 atom stereocenters. The van der Waals surface area contributed by atoms with Crippen LogP contribution in [0.15, 0.2) is 36.4 Å². The SMILES string of the molecule is C=C(C)C(=O)NCc1ccc(Cl)c(Nc2nc3cc(C(=O)NCC4CC4)c(OCC(F)F)cc3n2C)c1Cl. The van der Waals surface area contributed by atoms with E-state index in [4.69, 9.17) is 27.9 Å². The van der Waals surface area contributed by atoms with Gasteiger partial charge in [-0.05, 0) is 43.4 Å². The van der Waals surface area contributed by atoms with Crippen molar-refractivity contribution < 1.29 is 23.1 Å². The standard InChI is InChI=1S/C26H27Cl2F2N5O3/c1-13(2)24(36)32-11-15-6-7-17(27)23(22(15)28)34-26-33-18-8-16(25(37)31-10-14-4-5-14)20(38-12-21(29)30)9-19(18)35(26)3/h6-9,14,21H,1,4-5,10-12H2,2-3H3,(H,31,37)(H,32,36)(H,33,34). The molecule has 0 aliphatic heterocycles. The normalized spacial score (nSPS) is 13.0. The lowest BCUT2D eigenvalue weighted by molar-refractivity contribution is -0.117. The van der Waals surface area contributed by atoms with Gasteiger partial charge in [0.05, 0.1) is 32.3 Å². The van der Waals surface area contributed by atoms with E-state index in [0.29, 0.717) is 51.3 Å². The molecule has 1 aliphatic rings. The third kappa shape index (κ3) is 6.36. The molecule has 4 rings (SSSR count). The Labute approximate surface area is 228 Å². The van der Waals surface area contributed by atoms with Crippen LogP contribution in [0.2, 0.25) is 10.0 Å². The molecule has 202 valence electrons. The molecular formula is C26H27Cl2F2N5O3. The molecule has 3 aromatic rings. The first kappa shape index (κ1) is 27.7. The number of hydrogen-bond acceptors (Lipinski definition) is 5. The summed E-state index contributed by atoms with van der Waals surface area (Å²) in [5.41, 5.74) is 2.44. The first-order chi connectivity index (χ1) is 18.0. The van der Waals surface area contributed by atoms with E-state index in [1.54, 1.807) is 30.7 Å². The number of imidazole rings is 1. The van der Waals surface area contributed by atoms with Crippen molar-refractivity contribution in [2.45, 2.75) is 32.7 Å². The van der Waals surface area contributed by atoms with Crippen LogP contribution in [0.5, 0.6) is 5.75 Å². The second kappa shape index (κ2) is 11.6. The van der Waals surface area contributed by atoms with E-state index in [2.05, 4.69) is 27.5 Å². The Morgan fingerprint density at radius 3 is 2.63 bits per heavy atom. The van der Waals surface area contributed by atoms with Gasteiger partial charge >= 0.3 is 0 Å². The van der Waals surface area contributed by atoms with E-state index < -0.39 is 18.9 Å². The van der Waals surface area contributed by atoms with Crippen LogP contribution in [0, 0.1) is 5.92 Å². The lowest BCUT2D eigenvalue weighted by Gasteiger charge is -2.14. The summed E-state index contributed by atoms with van der Waals surface area (Å²) >= 11 is 13.0. The van der Waals surface area contributed by atoms with Crippen LogP contribution < -0.4 is 20.7 Å². The number of fused-ring (bicyclic) bond motifs is 1. The summed E-state index contributed by atoms with van der Waals surface area (Å²) in [6, 6.07) is 6.35. The van der Waals surface area contributed by atoms with Crippen LogP contribution in [-0.2, 0) is 18.4 Å². The van der Waals surface area contributed by atoms with Crippen molar-refractivity contribution in [2.75, 3.05) is 18.5 Å². The number of aromatic nitrogens is 2. The fraction of sp³-hybridized carbons (Fsp3) is 0.346. The molecule has 0 spiro atoms. The van der Waals surface area contributed by atoms with Crippen LogP contribution >= 0.6 is 23.2 Å². The smallest absolute Gasteiger partial charge is 0.272 e. The Bertz CT molecular complexity index is 1410. The predicted octanol–water partition coefficient (Wildman–Crippen LogP) is 5.60. The number of nitrogens with one attached hydrogen (secondary N) is 3. The third-order valence-electron chi connectivity index (χ3n) is 6.07. The Morgan fingerprint density at radius 1 is 1.24 bits per heavy atom. The highest BCUT2D eigenvalue weighted by Crippen LogP contribution is 2.37. The Hall–Kier alpha value is -3.37. The third-order valence-corrected chi connectivity index (χ3v) is 6.82. The summed E-state index contributed by atoms with van der Waals surface area (Å²) in [6.07, 6.45) is -0.597. The van der Waals surface area contributed by atoms with Crippen LogP contribution in [0.3, 0.4) is 0 Å². The first-order valence-corrected chi connectivity index (χ1v) is 12.7. The van der Waals surface area contributed by atoms with Crippen molar-refractivity contribution in [3.8, 4) is 5.75 Å². The molecule has 1 heterocycles. The number of amides is 2. The number of benzene rings is 2. The van der Waals surface area contributed by atoms with Gasteiger partial charge in [-0.15, -0.1) is 0 Å². The predicted molar refractivity (Wildman–Crippen MR) is 144 cm³/mol. The van der Waals surface area contributed by atoms with Crippen LogP contribution in [-0.4, -0.2) is 40.9 Å². The molecule has 2 amide bonds. The van der Waals surface area contributed by atoms with Gasteiger partial charge in [0.15, 0.2) is 0 Å². The lowest BCUT2D eigenvalue weighted by Crippen LogP contribution is -2.26. The topological polar surface area (TPSA) is 97.3 Å². The lowest BCUT2D eigenvalue weighted by atomic mass is 10.1. The average Bonchev–Trinajstić information content (AvgIpc) is 3.66. The highest BCUT2D eigenvalue weighted by Gasteiger charge is 2.24. The maximum atomic E-state index is 12.9. The summed E-state index contributed by atoms with van der Waals surface area (Å²) in [5, 5.41) is 9.28. The monoisotopic (exact) mass is 565 g/mol. The van der Waals surface area contributed by atoms with Crippen molar-refractivity contribution in [3.63, 3.8) is 0 Å². The van der Waals surface area contributed by atoms with Gasteiger partial charge in [0.25, 0.3) is 12.3 Å². The van der Waals surface area contributed by atoms with E-state index in [-0.39, 0.29) is 28.8 Å². The van der Waals surface area contributed by atoms with Crippen molar-refractivity contribution in [1.29, 1.82) is 0 Å². The van der Waals surface area contributed by atoms with Crippen molar-refractivity contribution in [3.05, 3.63) is 57.6 Å². The van der Waals surface area contributed by atoms with Gasteiger partial charge in [0, 0.05) is 31.8 Å². The highest BCUT2D eigenvalue weighted by molar-refractivity contribution is 6.39. The van der Waals surface area contributed by atoms with Gasteiger partial charge in [-0.1, -0.05) is 35.8 Å². The zero-order chi connectivity index (χ0) is 27.6. The molecule has 38 heavy (non-hydrogen) atoms. The van der Waals surface area contributed by atoms with Gasteiger partial charge in [-0.25, -0.2) is 13.8 Å². The Balaban J connectivity index is 1.65. The molecule has 12 heteroatoms. The number of anilines is 2. The molecular weight excluding hydrogens is 539 g/mol. The maximum Gasteiger partial charge on any atom is 0.272 e. The van der Waals surface area contributed by atoms with Crippen LogP contribution in [0.4, 0.5) is 20.4 Å². The number of aryl methyl sites for hydroxylation is 1. The van der Waals surface area contributed by atoms with Gasteiger partial charge in [0.2, 0.25) is 11.9 Å². The molecule has 0 radical (unpaired) electrons. The zero-order valence-electron chi connectivity index (χ0n) is 20.8. The minimum Gasteiger partial charge on any atom is -0.487 e. The summed E-state index contributed by atoms with van der Waals surface area (Å²) in [7, 11) is 1.71. The summed E-state index contributed by atoms with van der Waals surface area (Å²) in [5.74, 6) is 0.0916. The van der Waals surface area contributed by atoms with Crippen molar-refractivity contribution in [1.82, 2.24) is 20.2 Å². The minimum absolute atomic E-state index is 0.0342. The Morgan fingerprint density at radius 2 is 1.97 bits per heavy atom. The number of alkyl halides is 2. The highest BCUT2D eigenvalue weighted by atomic mass is 35.5. The van der Waals surface area contributed by atoms with E-state index in [0.717, 1.165) is 12.8 Å². The van der Waals surface area contributed by atoms with Gasteiger partial charge in [-0.3, -0.25) is 9.59 Å². The molecule has 1 aliphatic carbocycles. The zero-order valence-corrected chi connectivity index (χ0v) is 22.3. The summed E-state index contributed by atoms with van der Waals surface area (Å²) < 4.78 is 32.8. The van der Waals surface area contributed by atoms with Gasteiger partial charge in [-0.2, -0.15) is 0 Å². The molecule has 2 aromatic carbocycles. The quantitative estimate of drug-likeness (QED) is 0.263. The number of halogens is 4. The molecule has 1 aromatic heterocycles. The number of hydrogen-bond donors (Lipinski definition) is 3. The molecule has 8 nitrogen and oxygen atoms in total. The van der Waals surface area contributed by atoms with E-state index in [1.165, 1.54) is 12.1 Å². The molecule has 0 saturated heterocycles. The molecule has 1 saturated carbocycles.